The molecular formula is C15H29N3. The van der Waals surface area contributed by atoms with Gasteiger partial charge in [-0.15, -0.1) is 0 Å². The zero-order chi connectivity index (χ0) is 13.6. The normalized spacial score (nSPS) is 15.0. The number of hydrogen-bond donors (Lipinski definition) is 1. The summed E-state index contributed by atoms with van der Waals surface area (Å²) >= 11 is 0. The number of aryl methyl sites for hydroxylation is 2. The Bertz CT molecular complexity index is 343. The smallest absolute Gasteiger partial charge is 0.0492 e. The van der Waals surface area contributed by atoms with Crippen LogP contribution >= 0.6 is 0 Å². The molecule has 1 aromatic heterocycles. The minimum absolute atomic E-state index is 0.388. The molecule has 18 heavy (non-hydrogen) atoms. The highest BCUT2D eigenvalue weighted by molar-refractivity contribution is 5.00. The summed E-state index contributed by atoms with van der Waals surface area (Å²) in [4.78, 5) is 0. The van der Waals surface area contributed by atoms with Crippen molar-refractivity contribution >= 4 is 0 Å². The van der Waals surface area contributed by atoms with Crippen molar-refractivity contribution in [3.8, 4) is 0 Å². The zero-order valence-corrected chi connectivity index (χ0v) is 12.7. The van der Waals surface area contributed by atoms with Crippen molar-refractivity contribution in [2.45, 2.75) is 47.0 Å². The summed E-state index contributed by atoms with van der Waals surface area (Å²) in [5.41, 5.74) is 1.72. The minimum atomic E-state index is 0.388. The molecule has 3 heteroatoms. The molecule has 0 saturated heterocycles. The lowest BCUT2D eigenvalue weighted by molar-refractivity contribution is 0.263. The summed E-state index contributed by atoms with van der Waals surface area (Å²) in [5, 5.41) is 7.83. The molecule has 3 nitrogen and oxygen atoms in total. The summed E-state index contributed by atoms with van der Waals surface area (Å²) < 4.78 is 1.98. The Morgan fingerprint density at radius 1 is 1.44 bits per heavy atom. The third-order valence-electron chi connectivity index (χ3n) is 3.87. The molecule has 0 aliphatic rings. The van der Waals surface area contributed by atoms with E-state index in [1.807, 2.05) is 17.9 Å². The van der Waals surface area contributed by atoms with Crippen LogP contribution in [-0.4, -0.2) is 22.9 Å². The van der Waals surface area contributed by atoms with E-state index in [9.17, 15) is 0 Å². The number of hydrogen-bond acceptors (Lipinski definition) is 2. The fraction of sp³-hybridized carbons (Fsp3) is 0.800. The Hall–Kier alpha value is -0.830. The van der Waals surface area contributed by atoms with Gasteiger partial charge in [0.25, 0.3) is 0 Å². The van der Waals surface area contributed by atoms with E-state index < -0.39 is 0 Å². The SMILES string of the molecule is CCC(C)(CCc1ccnn1C)CNCC(C)C. The van der Waals surface area contributed by atoms with Gasteiger partial charge >= 0.3 is 0 Å². The lowest BCUT2D eigenvalue weighted by atomic mass is 9.82. The second-order valence-corrected chi connectivity index (χ2v) is 6.14. The Balaban J connectivity index is 2.42. The van der Waals surface area contributed by atoms with E-state index in [2.05, 4.69) is 44.2 Å². The molecule has 0 spiro atoms. The second kappa shape index (κ2) is 6.93. The first-order chi connectivity index (χ1) is 8.47. The van der Waals surface area contributed by atoms with Crippen molar-refractivity contribution in [3.63, 3.8) is 0 Å². The third-order valence-corrected chi connectivity index (χ3v) is 3.87. The van der Waals surface area contributed by atoms with Crippen LogP contribution in [-0.2, 0) is 13.5 Å². The van der Waals surface area contributed by atoms with Crippen LogP contribution in [0.1, 0.15) is 46.2 Å². The van der Waals surface area contributed by atoms with Crippen LogP contribution in [0, 0.1) is 11.3 Å². The fourth-order valence-corrected chi connectivity index (χ4v) is 2.13. The molecule has 0 saturated carbocycles. The van der Waals surface area contributed by atoms with Crippen LogP contribution in [0.4, 0.5) is 0 Å². The number of rotatable bonds is 8. The average Bonchev–Trinajstić information content (AvgIpc) is 2.72. The summed E-state index contributed by atoms with van der Waals surface area (Å²) in [7, 11) is 2.02. The van der Waals surface area contributed by atoms with Crippen LogP contribution in [0.3, 0.4) is 0 Å². The average molecular weight is 251 g/mol. The summed E-state index contributed by atoms with van der Waals surface area (Å²) in [6.45, 7) is 11.4. The fourth-order valence-electron chi connectivity index (χ4n) is 2.13. The Kier molecular flexibility index (Phi) is 5.86. The lowest BCUT2D eigenvalue weighted by Gasteiger charge is -2.29. The maximum absolute atomic E-state index is 4.23. The van der Waals surface area contributed by atoms with Gasteiger partial charge in [0.15, 0.2) is 0 Å². The molecule has 104 valence electrons. The van der Waals surface area contributed by atoms with Gasteiger partial charge in [-0.05, 0) is 43.2 Å². The topological polar surface area (TPSA) is 29.9 Å². The van der Waals surface area contributed by atoms with Crippen molar-refractivity contribution in [2.24, 2.45) is 18.4 Å². The minimum Gasteiger partial charge on any atom is -0.316 e. The summed E-state index contributed by atoms with van der Waals surface area (Å²) in [5.74, 6) is 0.725. The predicted molar refractivity (Wildman–Crippen MR) is 77.6 cm³/mol. The maximum atomic E-state index is 4.23. The molecule has 0 amide bonds. The van der Waals surface area contributed by atoms with Crippen molar-refractivity contribution in [2.75, 3.05) is 13.1 Å². The van der Waals surface area contributed by atoms with Gasteiger partial charge in [0.1, 0.15) is 0 Å². The van der Waals surface area contributed by atoms with Gasteiger partial charge in [0.2, 0.25) is 0 Å². The third kappa shape index (κ3) is 4.81. The number of aromatic nitrogens is 2. The van der Waals surface area contributed by atoms with Gasteiger partial charge in [-0.1, -0.05) is 27.7 Å². The molecule has 1 unspecified atom stereocenters. The second-order valence-electron chi connectivity index (χ2n) is 6.14. The van der Waals surface area contributed by atoms with Crippen LogP contribution in [0.5, 0.6) is 0 Å². The molecule has 0 bridgehead atoms. The standard InChI is InChI=1S/C15H29N3/c1-6-15(4,12-16-11-13(2)3)9-7-14-8-10-17-18(14)5/h8,10,13,16H,6-7,9,11-12H2,1-5H3. The first-order valence-corrected chi connectivity index (χ1v) is 7.14. The molecule has 0 aromatic carbocycles. The van der Waals surface area contributed by atoms with E-state index >= 15 is 0 Å². The maximum Gasteiger partial charge on any atom is 0.0492 e. The Morgan fingerprint density at radius 2 is 2.17 bits per heavy atom. The van der Waals surface area contributed by atoms with Gasteiger partial charge in [-0.25, -0.2) is 0 Å². The van der Waals surface area contributed by atoms with Crippen LogP contribution in [0.25, 0.3) is 0 Å². The number of nitrogens with zero attached hydrogens (tertiary/aromatic N) is 2. The monoisotopic (exact) mass is 251 g/mol. The molecule has 1 N–H and O–H groups in total. The van der Waals surface area contributed by atoms with Crippen LogP contribution in [0.15, 0.2) is 12.3 Å². The highest BCUT2D eigenvalue weighted by Gasteiger charge is 2.22. The van der Waals surface area contributed by atoms with Gasteiger partial charge in [0, 0.05) is 25.5 Å². The Labute approximate surface area is 112 Å². The van der Waals surface area contributed by atoms with E-state index in [0.29, 0.717) is 5.41 Å². The van der Waals surface area contributed by atoms with E-state index in [1.54, 1.807) is 0 Å². The zero-order valence-electron chi connectivity index (χ0n) is 12.7. The van der Waals surface area contributed by atoms with Crippen molar-refractivity contribution in [1.82, 2.24) is 15.1 Å². The quantitative estimate of drug-likeness (QED) is 0.769. The number of nitrogens with one attached hydrogen (secondary N) is 1. The molecule has 1 aromatic rings. The first-order valence-electron chi connectivity index (χ1n) is 7.14. The van der Waals surface area contributed by atoms with E-state index in [0.717, 1.165) is 25.4 Å². The van der Waals surface area contributed by atoms with E-state index in [1.165, 1.54) is 18.5 Å². The highest BCUT2D eigenvalue weighted by Crippen LogP contribution is 2.26. The molecule has 1 atom stereocenters. The van der Waals surface area contributed by atoms with Gasteiger partial charge in [-0.3, -0.25) is 4.68 Å². The van der Waals surface area contributed by atoms with Gasteiger partial charge < -0.3 is 5.32 Å². The van der Waals surface area contributed by atoms with E-state index in [-0.39, 0.29) is 0 Å². The van der Waals surface area contributed by atoms with Crippen molar-refractivity contribution in [1.29, 1.82) is 0 Å². The molecule has 0 fully saturated rings. The molecular weight excluding hydrogens is 222 g/mol. The molecule has 0 radical (unpaired) electrons. The highest BCUT2D eigenvalue weighted by atomic mass is 15.2. The van der Waals surface area contributed by atoms with Crippen molar-refractivity contribution in [3.05, 3.63) is 18.0 Å². The molecule has 0 aliphatic heterocycles. The summed E-state index contributed by atoms with van der Waals surface area (Å²) in [6.07, 6.45) is 5.43. The lowest BCUT2D eigenvalue weighted by Crippen LogP contribution is -2.34. The molecule has 1 rings (SSSR count). The van der Waals surface area contributed by atoms with Gasteiger partial charge in [-0.2, -0.15) is 5.10 Å². The van der Waals surface area contributed by atoms with Gasteiger partial charge in [0.05, 0.1) is 0 Å². The first kappa shape index (κ1) is 15.2. The predicted octanol–water partition coefficient (Wildman–Crippen LogP) is 3.01. The van der Waals surface area contributed by atoms with Crippen LogP contribution < -0.4 is 5.32 Å². The molecule has 1 heterocycles. The van der Waals surface area contributed by atoms with Crippen molar-refractivity contribution < 1.29 is 0 Å². The van der Waals surface area contributed by atoms with Crippen LogP contribution in [0.2, 0.25) is 0 Å². The largest absolute Gasteiger partial charge is 0.316 e. The van der Waals surface area contributed by atoms with E-state index in [4.69, 9.17) is 0 Å². The molecule has 0 aliphatic carbocycles. The summed E-state index contributed by atoms with van der Waals surface area (Å²) in [6, 6.07) is 2.12. The Morgan fingerprint density at radius 3 is 2.67 bits per heavy atom.